The fraction of sp³-hybridized carbons (Fsp3) is 0.267. The van der Waals surface area contributed by atoms with Crippen LogP contribution in [0.3, 0.4) is 0 Å². The molecular formula is C15H16FNO. The van der Waals surface area contributed by atoms with E-state index >= 15 is 0 Å². The Morgan fingerprint density at radius 3 is 2.83 bits per heavy atom. The molecule has 18 heavy (non-hydrogen) atoms. The summed E-state index contributed by atoms with van der Waals surface area (Å²) in [6.45, 7) is 2.75. The standard InChI is InChI=1S/C15H16FNO/c1-2-3-10-18-15-11-12(8-9-17-15)13-6-4-5-7-14(13)16/h4-9,11H,2-3,10H2,1H3. The minimum atomic E-state index is -0.233. The summed E-state index contributed by atoms with van der Waals surface area (Å²) in [5.41, 5.74) is 1.36. The van der Waals surface area contributed by atoms with Crippen LogP contribution in [0, 0.1) is 5.82 Å². The number of halogens is 1. The van der Waals surface area contributed by atoms with Crippen molar-refractivity contribution in [2.75, 3.05) is 6.61 Å². The van der Waals surface area contributed by atoms with E-state index in [1.165, 1.54) is 6.07 Å². The van der Waals surface area contributed by atoms with Gasteiger partial charge in [-0.2, -0.15) is 0 Å². The number of benzene rings is 1. The number of pyridine rings is 1. The van der Waals surface area contributed by atoms with Crippen molar-refractivity contribution in [2.45, 2.75) is 19.8 Å². The van der Waals surface area contributed by atoms with Gasteiger partial charge in [0.15, 0.2) is 0 Å². The summed E-state index contributed by atoms with van der Waals surface area (Å²) in [5.74, 6) is 0.312. The number of hydrogen-bond acceptors (Lipinski definition) is 2. The molecule has 2 nitrogen and oxygen atoms in total. The summed E-state index contributed by atoms with van der Waals surface area (Å²) in [5, 5.41) is 0. The van der Waals surface area contributed by atoms with Crippen molar-refractivity contribution in [3.05, 3.63) is 48.4 Å². The maximum atomic E-state index is 13.7. The summed E-state index contributed by atoms with van der Waals surface area (Å²) in [6.07, 6.45) is 3.71. The molecule has 0 amide bonds. The maximum absolute atomic E-state index is 13.7. The van der Waals surface area contributed by atoms with Crippen molar-refractivity contribution in [1.29, 1.82) is 0 Å². The van der Waals surface area contributed by atoms with Crippen LogP contribution in [0.5, 0.6) is 5.88 Å². The van der Waals surface area contributed by atoms with Crippen molar-refractivity contribution in [3.8, 4) is 17.0 Å². The lowest BCUT2D eigenvalue weighted by molar-refractivity contribution is 0.298. The molecule has 1 heterocycles. The van der Waals surface area contributed by atoms with Crippen molar-refractivity contribution in [1.82, 2.24) is 4.98 Å². The third-order valence-electron chi connectivity index (χ3n) is 2.67. The molecule has 0 saturated heterocycles. The molecular weight excluding hydrogens is 229 g/mol. The second-order valence-corrected chi connectivity index (χ2v) is 4.06. The highest BCUT2D eigenvalue weighted by atomic mass is 19.1. The maximum Gasteiger partial charge on any atom is 0.213 e. The molecule has 2 aromatic rings. The highest BCUT2D eigenvalue weighted by Crippen LogP contribution is 2.24. The fourth-order valence-corrected chi connectivity index (χ4v) is 1.67. The third kappa shape index (κ3) is 3.06. The lowest BCUT2D eigenvalue weighted by atomic mass is 10.1. The first-order valence-corrected chi connectivity index (χ1v) is 6.15. The Morgan fingerprint density at radius 1 is 1.22 bits per heavy atom. The smallest absolute Gasteiger partial charge is 0.213 e. The molecule has 0 spiro atoms. The van der Waals surface area contributed by atoms with Gasteiger partial charge in [-0.25, -0.2) is 9.37 Å². The van der Waals surface area contributed by atoms with Gasteiger partial charge in [0.2, 0.25) is 5.88 Å². The van der Waals surface area contributed by atoms with Gasteiger partial charge in [-0.15, -0.1) is 0 Å². The molecule has 94 valence electrons. The Bertz CT molecular complexity index is 513. The van der Waals surface area contributed by atoms with Crippen LogP contribution in [0.1, 0.15) is 19.8 Å². The van der Waals surface area contributed by atoms with Crippen LogP contribution < -0.4 is 4.74 Å². The molecule has 3 heteroatoms. The number of hydrogen-bond donors (Lipinski definition) is 0. The molecule has 2 rings (SSSR count). The Labute approximate surface area is 106 Å². The SMILES string of the molecule is CCCCOc1cc(-c2ccccc2F)ccn1. The van der Waals surface area contributed by atoms with E-state index in [2.05, 4.69) is 11.9 Å². The van der Waals surface area contributed by atoms with E-state index in [9.17, 15) is 4.39 Å². The van der Waals surface area contributed by atoms with Crippen LogP contribution in [0.2, 0.25) is 0 Å². The summed E-state index contributed by atoms with van der Waals surface area (Å²) in [6, 6.07) is 10.3. The average Bonchev–Trinajstić information content (AvgIpc) is 2.40. The molecule has 0 aliphatic carbocycles. The second-order valence-electron chi connectivity index (χ2n) is 4.06. The topological polar surface area (TPSA) is 22.1 Å². The van der Waals surface area contributed by atoms with Gasteiger partial charge in [0, 0.05) is 17.8 Å². The molecule has 1 aromatic heterocycles. The molecule has 0 aliphatic rings. The predicted octanol–water partition coefficient (Wildman–Crippen LogP) is 4.07. The first-order valence-electron chi connectivity index (χ1n) is 6.15. The van der Waals surface area contributed by atoms with Gasteiger partial charge in [-0.05, 0) is 24.1 Å². The number of rotatable bonds is 5. The van der Waals surface area contributed by atoms with E-state index in [-0.39, 0.29) is 5.82 Å². The molecule has 0 atom stereocenters. The van der Waals surface area contributed by atoms with Crippen LogP contribution in [0.25, 0.3) is 11.1 Å². The summed E-state index contributed by atoms with van der Waals surface area (Å²) in [7, 11) is 0. The number of aromatic nitrogens is 1. The van der Waals surface area contributed by atoms with Gasteiger partial charge in [0.25, 0.3) is 0 Å². The normalized spacial score (nSPS) is 10.3. The number of unbranched alkanes of at least 4 members (excludes halogenated alkanes) is 1. The van der Waals surface area contributed by atoms with E-state index in [4.69, 9.17) is 4.74 Å². The molecule has 0 fully saturated rings. The molecule has 0 unspecified atom stereocenters. The predicted molar refractivity (Wildman–Crippen MR) is 70.0 cm³/mol. The van der Waals surface area contributed by atoms with Gasteiger partial charge in [-0.3, -0.25) is 0 Å². The Hall–Kier alpha value is -1.90. The molecule has 0 radical (unpaired) electrons. The van der Waals surface area contributed by atoms with Crippen LogP contribution in [-0.4, -0.2) is 11.6 Å². The molecule has 0 N–H and O–H groups in total. The zero-order valence-corrected chi connectivity index (χ0v) is 10.4. The van der Waals surface area contributed by atoms with Gasteiger partial charge < -0.3 is 4.74 Å². The average molecular weight is 245 g/mol. The molecule has 0 saturated carbocycles. The highest BCUT2D eigenvalue weighted by Gasteiger charge is 2.05. The highest BCUT2D eigenvalue weighted by molar-refractivity contribution is 5.64. The van der Waals surface area contributed by atoms with E-state index in [0.29, 0.717) is 18.1 Å². The first-order chi connectivity index (χ1) is 8.81. The largest absolute Gasteiger partial charge is 0.478 e. The Kier molecular flexibility index (Phi) is 4.29. The van der Waals surface area contributed by atoms with E-state index in [0.717, 1.165) is 18.4 Å². The Morgan fingerprint density at radius 2 is 2.06 bits per heavy atom. The minimum absolute atomic E-state index is 0.233. The van der Waals surface area contributed by atoms with E-state index in [1.807, 2.05) is 6.07 Å². The number of ether oxygens (including phenoxy) is 1. The monoisotopic (exact) mass is 245 g/mol. The van der Waals surface area contributed by atoms with Gasteiger partial charge in [-0.1, -0.05) is 31.5 Å². The van der Waals surface area contributed by atoms with Crippen LogP contribution in [0.4, 0.5) is 4.39 Å². The van der Waals surface area contributed by atoms with Gasteiger partial charge >= 0.3 is 0 Å². The van der Waals surface area contributed by atoms with Crippen LogP contribution >= 0.6 is 0 Å². The van der Waals surface area contributed by atoms with Crippen molar-refractivity contribution in [2.24, 2.45) is 0 Å². The number of nitrogens with zero attached hydrogens (tertiary/aromatic N) is 1. The fourth-order valence-electron chi connectivity index (χ4n) is 1.67. The molecule has 0 bridgehead atoms. The lowest BCUT2D eigenvalue weighted by Crippen LogP contribution is -1.98. The zero-order valence-electron chi connectivity index (χ0n) is 10.4. The third-order valence-corrected chi connectivity index (χ3v) is 2.67. The second kappa shape index (κ2) is 6.15. The molecule has 1 aromatic carbocycles. The van der Waals surface area contributed by atoms with Gasteiger partial charge in [0.05, 0.1) is 6.61 Å². The van der Waals surface area contributed by atoms with Crippen LogP contribution in [-0.2, 0) is 0 Å². The van der Waals surface area contributed by atoms with Gasteiger partial charge in [0.1, 0.15) is 5.82 Å². The minimum Gasteiger partial charge on any atom is -0.478 e. The quantitative estimate of drug-likeness (QED) is 0.741. The van der Waals surface area contributed by atoms with E-state index < -0.39 is 0 Å². The summed E-state index contributed by atoms with van der Waals surface area (Å²) >= 11 is 0. The zero-order chi connectivity index (χ0) is 12.8. The van der Waals surface area contributed by atoms with Crippen molar-refractivity contribution in [3.63, 3.8) is 0 Å². The van der Waals surface area contributed by atoms with Crippen LogP contribution in [0.15, 0.2) is 42.6 Å². The molecule has 0 aliphatic heterocycles. The lowest BCUT2D eigenvalue weighted by Gasteiger charge is -2.07. The Balaban J connectivity index is 2.19. The van der Waals surface area contributed by atoms with Crippen molar-refractivity contribution < 1.29 is 9.13 Å². The van der Waals surface area contributed by atoms with E-state index in [1.54, 1.807) is 30.5 Å². The van der Waals surface area contributed by atoms with Crippen molar-refractivity contribution >= 4 is 0 Å². The summed E-state index contributed by atoms with van der Waals surface area (Å²) in [4.78, 5) is 4.12. The first kappa shape index (κ1) is 12.6. The summed E-state index contributed by atoms with van der Waals surface area (Å²) < 4.78 is 19.2.